The van der Waals surface area contributed by atoms with Crippen LogP contribution in [0.1, 0.15) is 129 Å². The molecule has 2 rings (SSSR count). The fourth-order valence-electron chi connectivity index (χ4n) is 5.89. The third kappa shape index (κ3) is 6.90. The van der Waals surface area contributed by atoms with Gasteiger partial charge < -0.3 is 0 Å². The number of rotatable bonds is 11. The molecule has 0 heterocycles. The van der Waals surface area contributed by atoms with Crippen molar-refractivity contribution in [3.8, 4) is 6.07 Å². The minimum atomic E-state index is 0.0348. The summed E-state index contributed by atoms with van der Waals surface area (Å²) < 4.78 is 0. The molecular formula is C25H45N. The van der Waals surface area contributed by atoms with Crippen molar-refractivity contribution >= 4 is 0 Å². The van der Waals surface area contributed by atoms with Crippen LogP contribution in [0.3, 0.4) is 0 Å². The van der Waals surface area contributed by atoms with E-state index in [1.54, 1.807) is 0 Å². The van der Waals surface area contributed by atoms with E-state index in [1.807, 2.05) is 0 Å². The molecule has 0 unspecified atom stereocenters. The van der Waals surface area contributed by atoms with Crippen molar-refractivity contribution in [2.24, 2.45) is 23.2 Å². The molecule has 0 aromatic carbocycles. The zero-order valence-corrected chi connectivity index (χ0v) is 17.9. The molecular weight excluding hydrogens is 314 g/mol. The van der Waals surface area contributed by atoms with Gasteiger partial charge in [0.25, 0.3) is 0 Å². The molecule has 0 N–H and O–H groups in total. The van der Waals surface area contributed by atoms with Crippen LogP contribution in [-0.4, -0.2) is 0 Å². The Labute approximate surface area is 164 Å². The van der Waals surface area contributed by atoms with Crippen molar-refractivity contribution in [2.75, 3.05) is 0 Å². The van der Waals surface area contributed by atoms with Crippen molar-refractivity contribution in [1.29, 1.82) is 5.26 Å². The lowest BCUT2D eigenvalue weighted by Gasteiger charge is -2.42. The van der Waals surface area contributed by atoms with E-state index in [9.17, 15) is 5.26 Å². The van der Waals surface area contributed by atoms with Gasteiger partial charge in [-0.15, -0.1) is 0 Å². The highest BCUT2D eigenvalue weighted by atomic mass is 14.5. The van der Waals surface area contributed by atoms with E-state index in [0.717, 1.165) is 17.8 Å². The summed E-state index contributed by atoms with van der Waals surface area (Å²) in [6.07, 6.45) is 24.5. The minimum absolute atomic E-state index is 0.0348. The van der Waals surface area contributed by atoms with Crippen molar-refractivity contribution in [2.45, 2.75) is 129 Å². The van der Waals surface area contributed by atoms with Crippen LogP contribution in [0.5, 0.6) is 0 Å². The van der Waals surface area contributed by atoms with Crippen LogP contribution < -0.4 is 0 Å². The maximum absolute atomic E-state index is 9.97. The Morgan fingerprint density at radius 3 is 2.19 bits per heavy atom. The maximum Gasteiger partial charge on any atom is 0.0689 e. The zero-order chi connectivity index (χ0) is 18.7. The summed E-state index contributed by atoms with van der Waals surface area (Å²) in [6.45, 7) is 4.59. The van der Waals surface area contributed by atoms with Gasteiger partial charge in [-0.3, -0.25) is 0 Å². The predicted octanol–water partition coefficient (Wildman–Crippen LogP) is 8.43. The third-order valence-electron chi connectivity index (χ3n) is 7.65. The zero-order valence-electron chi connectivity index (χ0n) is 17.9. The SMILES string of the molecule is CCCCCCC[C@]1(C#N)CCC[C@@H](C2CCC(CCCCC)CC2)C1. The van der Waals surface area contributed by atoms with Gasteiger partial charge in [-0.25, -0.2) is 0 Å². The minimum Gasteiger partial charge on any atom is -0.198 e. The first kappa shape index (κ1) is 21.8. The Bertz CT molecular complexity index is 401. The Balaban J connectivity index is 1.75. The predicted molar refractivity (Wildman–Crippen MR) is 113 cm³/mol. The van der Waals surface area contributed by atoms with Crippen molar-refractivity contribution in [3.05, 3.63) is 0 Å². The molecule has 2 aliphatic carbocycles. The van der Waals surface area contributed by atoms with Gasteiger partial charge >= 0.3 is 0 Å². The lowest BCUT2D eigenvalue weighted by molar-refractivity contribution is 0.102. The molecule has 0 aromatic rings. The molecule has 26 heavy (non-hydrogen) atoms. The topological polar surface area (TPSA) is 23.8 Å². The molecule has 2 aliphatic rings. The Kier molecular flexibility index (Phi) is 10.1. The molecule has 0 spiro atoms. The molecule has 1 nitrogen and oxygen atoms in total. The first-order valence-electron chi connectivity index (χ1n) is 12.1. The quantitative estimate of drug-likeness (QED) is 0.339. The second-order valence-electron chi connectivity index (χ2n) is 9.69. The lowest BCUT2D eigenvalue weighted by Crippen LogP contribution is -2.32. The van der Waals surface area contributed by atoms with Crippen LogP contribution >= 0.6 is 0 Å². The first-order chi connectivity index (χ1) is 12.7. The summed E-state index contributed by atoms with van der Waals surface area (Å²) >= 11 is 0. The number of hydrogen-bond acceptors (Lipinski definition) is 1. The molecule has 2 atom stereocenters. The molecule has 150 valence electrons. The molecule has 0 aliphatic heterocycles. The largest absolute Gasteiger partial charge is 0.198 e. The summed E-state index contributed by atoms with van der Waals surface area (Å²) in [5.74, 6) is 2.81. The van der Waals surface area contributed by atoms with Gasteiger partial charge in [0.1, 0.15) is 0 Å². The lowest BCUT2D eigenvalue weighted by atomic mass is 9.62. The second kappa shape index (κ2) is 12.0. The summed E-state index contributed by atoms with van der Waals surface area (Å²) in [5.41, 5.74) is 0.0348. The van der Waals surface area contributed by atoms with Crippen LogP contribution in [0.15, 0.2) is 0 Å². The third-order valence-corrected chi connectivity index (χ3v) is 7.65. The summed E-state index contributed by atoms with van der Waals surface area (Å²) in [6, 6.07) is 2.82. The maximum atomic E-state index is 9.97. The van der Waals surface area contributed by atoms with E-state index < -0.39 is 0 Å². The van der Waals surface area contributed by atoms with Crippen LogP contribution in [0, 0.1) is 34.5 Å². The van der Waals surface area contributed by atoms with Crippen LogP contribution in [0.4, 0.5) is 0 Å². The molecule has 0 bridgehead atoms. The van der Waals surface area contributed by atoms with Crippen LogP contribution in [-0.2, 0) is 0 Å². The Morgan fingerprint density at radius 2 is 1.50 bits per heavy atom. The average Bonchev–Trinajstić information content (AvgIpc) is 2.69. The van der Waals surface area contributed by atoms with Gasteiger partial charge in [-0.1, -0.05) is 97.3 Å². The van der Waals surface area contributed by atoms with Crippen molar-refractivity contribution in [3.63, 3.8) is 0 Å². The van der Waals surface area contributed by atoms with Crippen LogP contribution in [0.2, 0.25) is 0 Å². The second-order valence-corrected chi connectivity index (χ2v) is 9.69. The number of nitriles is 1. The molecule has 0 aromatic heterocycles. The fourth-order valence-corrected chi connectivity index (χ4v) is 5.89. The van der Waals surface area contributed by atoms with Gasteiger partial charge in [-0.05, 0) is 49.9 Å². The summed E-state index contributed by atoms with van der Waals surface area (Å²) in [7, 11) is 0. The average molecular weight is 360 g/mol. The molecule has 0 amide bonds. The van der Waals surface area contributed by atoms with E-state index in [2.05, 4.69) is 19.9 Å². The summed E-state index contributed by atoms with van der Waals surface area (Å²) in [5, 5.41) is 9.97. The molecule has 2 fully saturated rings. The normalized spacial score (nSPS) is 32.3. The Morgan fingerprint density at radius 1 is 0.808 bits per heavy atom. The van der Waals surface area contributed by atoms with Gasteiger partial charge in [0, 0.05) is 0 Å². The highest BCUT2D eigenvalue weighted by molar-refractivity contribution is 5.03. The number of hydrogen-bond donors (Lipinski definition) is 0. The number of unbranched alkanes of at least 4 members (excludes halogenated alkanes) is 6. The monoisotopic (exact) mass is 359 g/mol. The molecule has 2 saturated carbocycles. The summed E-state index contributed by atoms with van der Waals surface area (Å²) in [4.78, 5) is 0. The molecule has 1 heteroatoms. The Hall–Kier alpha value is -0.510. The van der Waals surface area contributed by atoms with E-state index in [1.165, 1.54) is 116 Å². The van der Waals surface area contributed by atoms with E-state index in [4.69, 9.17) is 0 Å². The van der Waals surface area contributed by atoms with Gasteiger partial charge in [0.15, 0.2) is 0 Å². The van der Waals surface area contributed by atoms with Crippen molar-refractivity contribution in [1.82, 2.24) is 0 Å². The van der Waals surface area contributed by atoms with E-state index in [0.29, 0.717) is 0 Å². The smallest absolute Gasteiger partial charge is 0.0689 e. The first-order valence-corrected chi connectivity index (χ1v) is 12.1. The standard InChI is InChI=1S/C25H45N/c1-3-5-7-8-10-18-25(21-26)19-11-13-24(20-25)23-16-14-22(15-17-23)12-9-6-4-2/h22-24H,3-20H2,1-2H3/t22?,23?,24-,25+/m1/s1. The highest BCUT2D eigenvalue weighted by Crippen LogP contribution is 2.48. The molecule has 0 radical (unpaired) electrons. The van der Waals surface area contributed by atoms with Gasteiger partial charge in [0.05, 0.1) is 11.5 Å². The number of nitrogens with zero attached hydrogens (tertiary/aromatic N) is 1. The van der Waals surface area contributed by atoms with Crippen LogP contribution in [0.25, 0.3) is 0 Å². The van der Waals surface area contributed by atoms with E-state index >= 15 is 0 Å². The van der Waals surface area contributed by atoms with E-state index in [-0.39, 0.29) is 5.41 Å². The fraction of sp³-hybridized carbons (Fsp3) is 0.960. The van der Waals surface area contributed by atoms with Gasteiger partial charge in [0.2, 0.25) is 0 Å². The van der Waals surface area contributed by atoms with Crippen molar-refractivity contribution < 1.29 is 0 Å². The van der Waals surface area contributed by atoms with Gasteiger partial charge in [-0.2, -0.15) is 5.26 Å². The highest BCUT2D eigenvalue weighted by Gasteiger charge is 2.39. The molecule has 0 saturated heterocycles.